The van der Waals surface area contributed by atoms with Crippen LogP contribution in [0.2, 0.25) is 0 Å². The summed E-state index contributed by atoms with van der Waals surface area (Å²) in [4.78, 5) is 2.79. The van der Waals surface area contributed by atoms with Gasteiger partial charge in [0.25, 0.3) is 0 Å². The van der Waals surface area contributed by atoms with Crippen LogP contribution in [0.5, 0.6) is 0 Å². The quantitative estimate of drug-likeness (QED) is 0.786. The minimum absolute atomic E-state index is 0.846. The van der Waals surface area contributed by atoms with Gasteiger partial charge in [-0.2, -0.15) is 0 Å². The van der Waals surface area contributed by atoms with Crippen molar-refractivity contribution in [1.82, 2.24) is 10.2 Å². The van der Waals surface area contributed by atoms with Crippen LogP contribution >= 0.6 is 0 Å². The molecule has 1 aliphatic carbocycles. The van der Waals surface area contributed by atoms with E-state index in [2.05, 4.69) is 17.1 Å². The van der Waals surface area contributed by atoms with Gasteiger partial charge in [-0.15, -0.1) is 0 Å². The van der Waals surface area contributed by atoms with Crippen molar-refractivity contribution in [2.24, 2.45) is 5.92 Å². The smallest absolute Gasteiger partial charge is 0.0125 e. The van der Waals surface area contributed by atoms with Gasteiger partial charge in [-0.3, -0.25) is 0 Å². The Bertz CT molecular complexity index is 225. The van der Waals surface area contributed by atoms with E-state index in [1.54, 1.807) is 0 Å². The van der Waals surface area contributed by atoms with E-state index in [0.717, 1.165) is 24.0 Å². The molecule has 2 atom stereocenters. The third-order valence-electron chi connectivity index (χ3n) is 5.09. The molecule has 2 heterocycles. The average Bonchev–Trinajstić information content (AvgIpc) is 2.56. The highest BCUT2D eigenvalue weighted by Gasteiger charge is 2.36. The second kappa shape index (κ2) is 4.66. The van der Waals surface area contributed by atoms with Gasteiger partial charge in [0, 0.05) is 24.7 Å². The zero-order valence-corrected chi connectivity index (χ0v) is 10.6. The fourth-order valence-electron chi connectivity index (χ4n) is 3.87. The largest absolute Gasteiger partial charge is 0.311 e. The lowest BCUT2D eigenvalue weighted by Gasteiger charge is -2.40. The van der Waals surface area contributed by atoms with Gasteiger partial charge in [-0.25, -0.2) is 0 Å². The number of nitrogens with zero attached hydrogens (tertiary/aromatic N) is 1. The van der Waals surface area contributed by atoms with Gasteiger partial charge in [0.1, 0.15) is 0 Å². The summed E-state index contributed by atoms with van der Waals surface area (Å²) in [5.74, 6) is 1.03. The van der Waals surface area contributed by atoms with Crippen molar-refractivity contribution in [3.05, 3.63) is 0 Å². The molecule has 0 aromatic carbocycles. The second-order valence-electron chi connectivity index (χ2n) is 6.15. The summed E-state index contributed by atoms with van der Waals surface area (Å²) >= 11 is 0. The number of fused-ring (bicyclic) bond motifs is 2. The van der Waals surface area contributed by atoms with Crippen molar-refractivity contribution in [2.45, 2.75) is 70.0 Å². The van der Waals surface area contributed by atoms with E-state index >= 15 is 0 Å². The van der Waals surface area contributed by atoms with Crippen molar-refractivity contribution in [3.8, 4) is 0 Å². The van der Waals surface area contributed by atoms with Crippen molar-refractivity contribution in [1.29, 1.82) is 0 Å². The highest BCUT2D eigenvalue weighted by molar-refractivity contribution is 4.96. The third kappa shape index (κ3) is 2.14. The standard InChI is InChI=1S/C14H26N2/c1-2-16(10-11-4-3-5-11)14-8-12-6-7-13(9-14)15-12/h11-15H,2-10H2,1H3. The van der Waals surface area contributed by atoms with Gasteiger partial charge >= 0.3 is 0 Å². The fraction of sp³-hybridized carbons (Fsp3) is 1.00. The molecule has 3 aliphatic rings. The van der Waals surface area contributed by atoms with Crippen LogP contribution in [0.3, 0.4) is 0 Å². The number of nitrogens with one attached hydrogen (secondary N) is 1. The minimum Gasteiger partial charge on any atom is -0.311 e. The topological polar surface area (TPSA) is 15.3 Å². The van der Waals surface area contributed by atoms with Gasteiger partial charge < -0.3 is 10.2 Å². The van der Waals surface area contributed by atoms with Crippen molar-refractivity contribution < 1.29 is 0 Å². The molecular weight excluding hydrogens is 196 g/mol. The lowest BCUT2D eigenvalue weighted by Crippen LogP contribution is -2.49. The van der Waals surface area contributed by atoms with Crippen molar-refractivity contribution in [2.75, 3.05) is 13.1 Å². The summed E-state index contributed by atoms with van der Waals surface area (Å²) in [7, 11) is 0. The lowest BCUT2D eigenvalue weighted by molar-refractivity contribution is 0.105. The third-order valence-corrected chi connectivity index (χ3v) is 5.09. The highest BCUT2D eigenvalue weighted by atomic mass is 15.2. The molecule has 3 fully saturated rings. The van der Waals surface area contributed by atoms with Crippen LogP contribution in [0.25, 0.3) is 0 Å². The molecule has 0 aromatic heterocycles. The molecular formula is C14H26N2. The van der Waals surface area contributed by atoms with Crippen LogP contribution in [-0.2, 0) is 0 Å². The molecule has 0 aromatic rings. The zero-order valence-electron chi connectivity index (χ0n) is 10.6. The van der Waals surface area contributed by atoms with Gasteiger partial charge in [0.2, 0.25) is 0 Å². The first-order valence-electron chi connectivity index (χ1n) is 7.35. The molecule has 2 bridgehead atoms. The first kappa shape index (κ1) is 11.0. The van der Waals surface area contributed by atoms with Crippen LogP contribution < -0.4 is 5.32 Å². The Hall–Kier alpha value is -0.0800. The van der Waals surface area contributed by atoms with E-state index in [-0.39, 0.29) is 0 Å². The van der Waals surface area contributed by atoms with E-state index < -0.39 is 0 Å². The molecule has 1 N–H and O–H groups in total. The van der Waals surface area contributed by atoms with Gasteiger partial charge in [0.15, 0.2) is 0 Å². The Morgan fingerprint density at radius 1 is 1.06 bits per heavy atom. The molecule has 2 nitrogen and oxygen atoms in total. The predicted octanol–water partition coefficient (Wildman–Crippen LogP) is 2.39. The Kier molecular flexibility index (Phi) is 3.21. The molecule has 3 rings (SSSR count). The van der Waals surface area contributed by atoms with Crippen LogP contribution in [-0.4, -0.2) is 36.1 Å². The normalized spacial score (nSPS) is 39.0. The Morgan fingerprint density at radius 2 is 1.75 bits per heavy atom. The van der Waals surface area contributed by atoms with Crippen LogP contribution in [0.4, 0.5) is 0 Å². The predicted molar refractivity (Wildman–Crippen MR) is 67.6 cm³/mol. The minimum atomic E-state index is 0.846. The van der Waals surface area contributed by atoms with E-state index in [1.807, 2.05) is 0 Å². The first-order chi connectivity index (χ1) is 7.85. The van der Waals surface area contributed by atoms with Gasteiger partial charge in [-0.1, -0.05) is 13.3 Å². The maximum atomic E-state index is 3.75. The molecule has 0 radical (unpaired) electrons. The number of rotatable bonds is 4. The zero-order chi connectivity index (χ0) is 11.0. The van der Waals surface area contributed by atoms with Crippen molar-refractivity contribution in [3.63, 3.8) is 0 Å². The second-order valence-corrected chi connectivity index (χ2v) is 6.15. The van der Waals surface area contributed by atoms with E-state index in [9.17, 15) is 0 Å². The maximum absolute atomic E-state index is 3.75. The Balaban J connectivity index is 1.56. The average molecular weight is 222 g/mol. The summed E-state index contributed by atoms with van der Waals surface area (Å²) in [6, 6.07) is 2.59. The van der Waals surface area contributed by atoms with Gasteiger partial charge in [-0.05, 0) is 51.0 Å². The van der Waals surface area contributed by atoms with Crippen molar-refractivity contribution >= 4 is 0 Å². The van der Waals surface area contributed by atoms with Crippen LogP contribution in [0.15, 0.2) is 0 Å². The van der Waals surface area contributed by atoms with Crippen LogP contribution in [0, 0.1) is 5.92 Å². The van der Waals surface area contributed by atoms with Gasteiger partial charge in [0.05, 0.1) is 0 Å². The molecule has 2 aliphatic heterocycles. The van der Waals surface area contributed by atoms with E-state index in [4.69, 9.17) is 0 Å². The Morgan fingerprint density at radius 3 is 2.25 bits per heavy atom. The number of hydrogen-bond acceptors (Lipinski definition) is 2. The fourth-order valence-corrected chi connectivity index (χ4v) is 3.87. The summed E-state index contributed by atoms with van der Waals surface area (Å²) < 4.78 is 0. The molecule has 2 unspecified atom stereocenters. The molecule has 16 heavy (non-hydrogen) atoms. The lowest BCUT2D eigenvalue weighted by atomic mass is 9.84. The highest BCUT2D eigenvalue weighted by Crippen LogP contribution is 2.32. The number of piperidine rings is 1. The summed E-state index contributed by atoms with van der Waals surface area (Å²) in [5, 5.41) is 3.75. The maximum Gasteiger partial charge on any atom is 0.0125 e. The monoisotopic (exact) mass is 222 g/mol. The first-order valence-corrected chi connectivity index (χ1v) is 7.35. The molecule has 0 spiro atoms. The summed E-state index contributed by atoms with van der Waals surface area (Å²) in [6.07, 6.45) is 10.2. The SMILES string of the molecule is CCN(CC1CCC1)C1CC2CCC(C1)N2. The molecule has 1 saturated carbocycles. The molecule has 92 valence electrons. The van der Waals surface area contributed by atoms with E-state index in [1.165, 1.54) is 58.0 Å². The molecule has 0 amide bonds. The summed E-state index contributed by atoms with van der Waals surface area (Å²) in [6.45, 7) is 5.00. The molecule has 2 saturated heterocycles. The Labute approximate surface area is 99.8 Å². The molecule has 2 heteroatoms. The van der Waals surface area contributed by atoms with Crippen LogP contribution in [0.1, 0.15) is 51.9 Å². The van der Waals surface area contributed by atoms with E-state index in [0.29, 0.717) is 0 Å². The summed E-state index contributed by atoms with van der Waals surface area (Å²) in [5.41, 5.74) is 0. The number of hydrogen-bond donors (Lipinski definition) is 1.